The molecule has 7 unspecified atom stereocenters. The largest absolute Gasteiger partial charge is 0.466 e. The molecular weight excluding hydrogens is 524 g/mol. The molecule has 2 heterocycles. The highest BCUT2D eigenvalue weighted by atomic mass is 16.6. The fraction of sp³-hybridized carbons (Fsp3) is 0.862. The third-order valence-corrected chi connectivity index (χ3v) is 7.96. The molecule has 0 aromatic rings. The van der Waals surface area contributed by atoms with Crippen LogP contribution >= 0.6 is 0 Å². The van der Waals surface area contributed by atoms with Crippen LogP contribution in [0, 0.1) is 23.7 Å². The maximum absolute atomic E-state index is 13.3. The Kier molecular flexibility index (Phi) is 13.3. The summed E-state index contributed by atoms with van der Waals surface area (Å²) in [6.45, 7) is 6.90. The van der Waals surface area contributed by atoms with Gasteiger partial charge in [-0.25, -0.2) is 0 Å². The summed E-state index contributed by atoms with van der Waals surface area (Å²) in [5, 5.41) is 0. The molecule has 11 nitrogen and oxygen atoms in total. The van der Waals surface area contributed by atoms with E-state index in [1.54, 1.807) is 14.0 Å². The van der Waals surface area contributed by atoms with E-state index < -0.39 is 53.3 Å². The summed E-state index contributed by atoms with van der Waals surface area (Å²) in [6.07, 6.45) is 4.80. The summed E-state index contributed by atoms with van der Waals surface area (Å²) in [5.74, 6) is -4.32. The predicted octanol–water partition coefficient (Wildman–Crippen LogP) is 2.65. The first-order chi connectivity index (χ1) is 19.3. The third-order valence-electron chi connectivity index (χ3n) is 7.96. The van der Waals surface area contributed by atoms with Crippen LogP contribution in [0.15, 0.2) is 0 Å². The van der Waals surface area contributed by atoms with Crippen molar-refractivity contribution in [2.24, 2.45) is 23.7 Å². The number of aldehydes is 1. The topological polar surface area (TPSA) is 139 Å². The van der Waals surface area contributed by atoms with Crippen molar-refractivity contribution in [2.75, 3.05) is 53.4 Å². The number of ether oxygens (including phenoxy) is 7. The lowest BCUT2D eigenvalue weighted by Crippen LogP contribution is -2.48. The number of carbonyl (C=O) groups is 4. The quantitative estimate of drug-likeness (QED) is 0.0661. The Balaban J connectivity index is 1.61. The zero-order chi connectivity index (χ0) is 29.0. The Morgan fingerprint density at radius 1 is 0.975 bits per heavy atom. The van der Waals surface area contributed by atoms with Crippen LogP contribution in [0.3, 0.4) is 0 Å². The number of hydrogen-bond donors (Lipinski definition) is 0. The van der Waals surface area contributed by atoms with Gasteiger partial charge in [-0.2, -0.15) is 0 Å². The number of methoxy groups -OCH3 is 1. The highest BCUT2D eigenvalue weighted by Gasteiger charge is 2.70. The molecule has 228 valence electrons. The van der Waals surface area contributed by atoms with Gasteiger partial charge in [0.25, 0.3) is 0 Å². The Morgan fingerprint density at radius 2 is 1.65 bits per heavy atom. The molecular formula is C29H46O11. The van der Waals surface area contributed by atoms with Crippen LogP contribution in [0.4, 0.5) is 0 Å². The minimum atomic E-state index is -0.955. The summed E-state index contributed by atoms with van der Waals surface area (Å²) in [5.41, 5.74) is -0.955. The number of carbonyl (C=O) groups excluding carboxylic acids is 4. The molecule has 0 spiro atoms. The SMILES string of the molecule is CCOCCCCOC(=O)CC(C(=O)OCCCC1CO1)C1CC(C=O)C(C(=O)OCCCCOC)C2(C)OC12. The van der Waals surface area contributed by atoms with E-state index in [1.807, 2.05) is 6.92 Å². The second-order valence-corrected chi connectivity index (χ2v) is 11.0. The molecule has 2 saturated heterocycles. The fourth-order valence-electron chi connectivity index (χ4n) is 5.64. The van der Waals surface area contributed by atoms with Gasteiger partial charge in [0.15, 0.2) is 0 Å². The minimum Gasteiger partial charge on any atom is -0.466 e. The lowest BCUT2D eigenvalue weighted by Gasteiger charge is -2.35. The average Bonchev–Trinajstić information content (AvgIpc) is 3.87. The molecule has 3 rings (SSSR count). The van der Waals surface area contributed by atoms with E-state index in [4.69, 9.17) is 33.2 Å². The van der Waals surface area contributed by atoms with Gasteiger partial charge in [0.1, 0.15) is 11.9 Å². The smallest absolute Gasteiger partial charge is 0.312 e. The first-order valence-electron chi connectivity index (χ1n) is 14.7. The van der Waals surface area contributed by atoms with Gasteiger partial charge in [-0.3, -0.25) is 14.4 Å². The Morgan fingerprint density at radius 3 is 2.33 bits per heavy atom. The van der Waals surface area contributed by atoms with E-state index in [9.17, 15) is 19.2 Å². The van der Waals surface area contributed by atoms with Crippen LogP contribution in [0.25, 0.3) is 0 Å². The Hall–Kier alpha value is -2.08. The molecule has 0 aromatic heterocycles. The van der Waals surface area contributed by atoms with Gasteiger partial charge in [-0.05, 0) is 58.8 Å². The first kappa shape index (κ1) is 32.4. The standard InChI is InChI=1S/C29H46O11/c1-4-35-12-6-8-13-36-24(31)17-23(27(32)37-15-9-10-21-19-39-21)22-16-20(18-30)25(29(2)26(22)40-29)28(33)38-14-7-5-11-34-3/h18,20-23,25-26H,4-17,19H2,1-3H3. The van der Waals surface area contributed by atoms with Crippen molar-refractivity contribution in [3.8, 4) is 0 Å². The second kappa shape index (κ2) is 16.4. The van der Waals surface area contributed by atoms with Gasteiger partial charge >= 0.3 is 17.9 Å². The number of epoxide rings is 2. The van der Waals surface area contributed by atoms with Crippen molar-refractivity contribution in [1.82, 2.24) is 0 Å². The predicted molar refractivity (Wildman–Crippen MR) is 141 cm³/mol. The van der Waals surface area contributed by atoms with E-state index in [2.05, 4.69) is 0 Å². The van der Waals surface area contributed by atoms with Crippen LogP contribution in [0.1, 0.15) is 65.2 Å². The lowest BCUT2D eigenvalue weighted by atomic mass is 9.65. The van der Waals surface area contributed by atoms with Gasteiger partial charge < -0.3 is 38.0 Å². The molecule has 0 amide bonds. The molecule has 0 aromatic carbocycles. The molecule has 2 aliphatic heterocycles. The lowest BCUT2D eigenvalue weighted by molar-refractivity contribution is -0.160. The van der Waals surface area contributed by atoms with Crippen molar-refractivity contribution < 1.29 is 52.3 Å². The van der Waals surface area contributed by atoms with Crippen LogP contribution in [0.5, 0.6) is 0 Å². The normalized spacial score (nSPS) is 29.1. The van der Waals surface area contributed by atoms with E-state index in [1.165, 1.54) is 0 Å². The summed E-state index contributed by atoms with van der Waals surface area (Å²) in [4.78, 5) is 51.2. The number of esters is 3. The van der Waals surface area contributed by atoms with Crippen molar-refractivity contribution in [1.29, 1.82) is 0 Å². The average molecular weight is 571 g/mol. The molecule has 0 bridgehead atoms. The maximum atomic E-state index is 13.3. The molecule has 3 fully saturated rings. The van der Waals surface area contributed by atoms with E-state index in [0.717, 1.165) is 32.2 Å². The number of unbranched alkanes of at least 4 members (excludes halogenated alkanes) is 2. The molecule has 1 aliphatic carbocycles. The molecule has 1 saturated carbocycles. The minimum absolute atomic E-state index is 0.184. The van der Waals surface area contributed by atoms with Gasteiger partial charge in [0, 0.05) is 38.8 Å². The van der Waals surface area contributed by atoms with Crippen molar-refractivity contribution in [3.63, 3.8) is 0 Å². The molecule has 0 radical (unpaired) electrons. The molecule has 11 heteroatoms. The zero-order valence-corrected chi connectivity index (χ0v) is 24.1. The number of hydrogen-bond acceptors (Lipinski definition) is 11. The Bertz CT molecular complexity index is 829. The van der Waals surface area contributed by atoms with Crippen LogP contribution < -0.4 is 0 Å². The van der Waals surface area contributed by atoms with Crippen LogP contribution in [-0.4, -0.2) is 95.4 Å². The van der Waals surface area contributed by atoms with Gasteiger partial charge in [0.2, 0.25) is 0 Å². The summed E-state index contributed by atoms with van der Waals surface area (Å²) >= 11 is 0. The van der Waals surface area contributed by atoms with E-state index in [0.29, 0.717) is 39.1 Å². The van der Waals surface area contributed by atoms with Crippen LogP contribution in [0.2, 0.25) is 0 Å². The van der Waals surface area contributed by atoms with Gasteiger partial charge in [-0.1, -0.05) is 0 Å². The van der Waals surface area contributed by atoms with Crippen LogP contribution in [-0.2, 0) is 52.3 Å². The van der Waals surface area contributed by atoms with Crippen molar-refractivity contribution >= 4 is 24.2 Å². The molecule has 7 atom stereocenters. The molecule has 3 aliphatic rings. The first-order valence-corrected chi connectivity index (χ1v) is 14.7. The molecule has 0 N–H and O–H groups in total. The highest BCUT2D eigenvalue weighted by molar-refractivity contribution is 5.82. The summed E-state index contributed by atoms with van der Waals surface area (Å²) in [7, 11) is 1.61. The summed E-state index contributed by atoms with van der Waals surface area (Å²) in [6, 6.07) is 0. The van der Waals surface area contributed by atoms with Crippen molar-refractivity contribution in [3.05, 3.63) is 0 Å². The summed E-state index contributed by atoms with van der Waals surface area (Å²) < 4.78 is 38.0. The van der Waals surface area contributed by atoms with E-state index >= 15 is 0 Å². The maximum Gasteiger partial charge on any atom is 0.312 e. The number of rotatable bonds is 21. The van der Waals surface area contributed by atoms with Gasteiger partial charge in [0.05, 0.1) is 56.9 Å². The second-order valence-electron chi connectivity index (χ2n) is 11.0. The van der Waals surface area contributed by atoms with Crippen molar-refractivity contribution in [2.45, 2.75) is 83.0 Å². The molecule has 40 heavy (non-hydrogen) atoms. The highest BCUT2D eigenvalue weighted by Crippen LogP contribution is 2.58. The monoisotopic (exact) mass is 570 g/mol. The Labute approximate surface area is 236 Å². The third kappa shape index (κ3) is 9.49. The fourth-order valence-corrected chi connectivity index (χ4v) is 5.64. The van der Waals surface area contributed by atoms with E-state index in [-0.39, 0.29) is 38.8 Å². The zero-order valence-electron chi connectivity index (χ0n) is 24.1. The van der Waals surface area contributed by atoms with Gasteiger partial charge in [-0.15, -0.1) is 0 Å². The number of fused-ring (bicyclic) bond motifs is 1.